The van der Waals surface area contributed by atoms with E-state index in [0.717, 1.165) is 29.6 Å². The lowest BCUT2D eigenvalue weighted by atomic mass is 10.1. The lowest BCUT2D eigenvalue weighted by Gasteiger charge is -2.09. The molecular weight excluding hydrogens is 366 g/mol. The van der Waals surface area contributed by atoms with Crippen LogP contribution < -0.4 is 5.32 Å². The second-order valence-electron chi connectivity index (χ2n) is 7.61. The standard InChI is InChI=1S/C21H21N7O/c1-12-4-7-16(8-13(12)2)27-19-17(10-24-27)20(23-11-22-19)28-18(9-14(3)26-28)25-21(29)15-5-6-15/h4,7-11,15H,5-6H2,1-3H3,(H,25,29). The normalized spacial score (nSPS) is 13.8. The van der Waals surface area contributed by atoms with Crippen molar-refractivity contribution >= 4 is 22.8 Å². The molecular formula is C21H21N7O. The van der Waals surface area contributed by atoms with Crippen molar-refractivity contribution in [2.75, 3.05) is 5.32 Å². The van der Waals surface area contributed by atoms with Gasteiger partial charge in [-0.05, 0) is 56.9 Å². The molecule has 0 atom stereocenters. The van der Waals surface area contributed by atoms with Crippen molar-refractivity contribution in [2.45, 2.75) is 33.6 Å². The first-order valence-electron chi connectivity index (χ1n) is 9.65. The van der Waals surface area contributed by atoms with E-state index in [1.54, 1.807) is 15.6 Å². The quantitative estimate of drug-likeness (QED) is 0.580. The van der Waals surface area contributed by atoms with Gasteiger partial charge in [0, 0.05) is 12.0 Å². The summed E-state index contributed by atoms with van der Waals surface area (Å²) in [6.07, 6.45) is 5.13. The molecule has 1 aromatic carbocycles. The number of amides is 1. The zero-order chi connectivity index (χ0) is 20.1. The van der Waals surface area contributed by atoms with E-state index in [2.05, 4.69) is 51.5 Å². The average molecular weight is 387 g/mol. The molecule has 29 heavy (non-hydrogen) atoms. The molecule has 5 rings (SSSR count). The number of hydrogen-bond donors (Lipinski definition) is 1. The Hall–Kier alpha value is -3.55. The molecule has 1 aliphatic rings. The number of benzene rings is 1. The Morgan fingerprint density at radius 2 is 1.90 bits per heavy atom. The Morgan fingerprint density at radius 3 is 2.66 bits per heavy atom. The van der Waals surface area contributed by atoms with Gasteiger partial charge in [-0.2, -0.15) is 14.9 Å². The van der Waals surface area contributed by atoms with Gasteiger partial charge in [0.25, 0.3) is 0 Å². The molecule has 0 radical (unpaired) electrons. The Kier molecular flexibility index (Phi) is 3.94. The fourth-order valence-corrected chi connectivity index (χ4v) is 3.37. The first-order chi connectivity index (χ1) is 14.0. The number of aryl methyl sites for hydroxylation is 3. The number of hydrogen-bond acceptors (Lipinski definition) is 5. The van der Waals surface area contributed by atoms with Gasteiger partial charge in [-0.1, -0.05) is 6.07 Å². The third kappa shape index (κ3) is 3.06. The number of carbonyl (C=O) groups is 1. The highest BCUT2D eigenvalue weighted by molar-refractivity contribution is 5.94. The van der Waals surface area contributed by atoms with Crippen LogP contribution in [0.4, 0.5) is 5.82 Å². The number of nitrogens with zero attached hydrogens (tertiary/aromatic N) is 6. The summed E-state index contributed by atoms with van der Waals surface area (Å²) < 4.78 is 3.46. The smallest absolute Gasteiger partial charge is 0.228 e. The van der Waals surface area contributed by atoms with Crippen LogP contribution in [0.5, 0.6) is 0 Å². The van der Waals surface area contributed by atoms with Gasteiger partial charge in [-0.25, -0.2) is 14.6 Å². The zero-order valence-corrected chi connectivity index (χ0v) is 16.5. The van der Waals surface area contributed by atoms with Crippen LogP contribution in [0, 0.1) is 26.7 Å². The summed E-state index contributed by atoms with van der Waals surface area (Å²) >= 11 is 0. The molecule has 3 heterocycles. The van der Waals surface area contributed by atoms with Crippen molar-refractivity contribution in [3.05, 3.63) is 53.6 Å². The lowest BCUT2D eigenvalue weighted by Crippen LogP contribution is -2.17. The first-order valence-corrected chi connectivity index (χ1v) is 9.65. The van der Waals surface area contributed by atoms with Crippen LogP contribution in [-0.4, -0.2) is 35.4 Å². The van der Waals surface area contributed by atoms with Crippen LogP contribution >= 0.6 is 0 Å². The van der Waals surface area contributed by atoms with E-state index in [9.17, 15) is 4.79 Å². The third-order valence-electron chi connectivity index (χ3n) is 5.31. The molecule has 8 nitrogen and oxygen atoms in total. The second-order valence-corrected chi connectivity index (χ2v) is 7.61. The number of fused-ring (bicyclic) bond motifs is 1. The number of rotatable bonds is 4. The van der Waals surface area contributed by atoms with Gasteiger partial charge in [-0.3, -0.25) is 4.79 Å². The van der Waals surface area contributed by atoms with Crippen LogP contribution in [0.3, 0.4) is 0 Å². The van der Waals surface area contributed by atoms with Crippen molar-refractivity contribution in [1.29, 1.82) is 0 Å². The highest BCUT2D eigenvalue weighted by Gasteiger charge is 2.30. The van der Waals surface area contributed by atoms with Crippen molar-refractivity contribution in [3.8, 4) is 11.5 Å². The number of nitrogens with one attached hydrogen (secondary N) is 1. The summed E-state index contributed by atoms with van der Waals surface area (Å²) in [6, 6.07) is 8.03. The number of aromatic nitrogens is 6. The molecule has 0 unspecified atom stereocenters. The Labute approximate surface area is 167 Å². The summed E-state index contributed by atoms with van der Waals surface area (Å²) in [5, 5.41) is 12.8. The van der Waals surface area contributed by atoms with Crippen molar-refractivity contribution in [3.63, 3.8) is 0 Å². The SMILES string of the molecule is Cc1cc(NC(=O)C2CC2)n(-c2ncnc3c2cnn3-c2ccc(C)c(C)c2)n1. The van der Waals surface area contributed by atoms with Gasteiger partial charge in [-0.15, -0.1) is 0 Å². The molecule has 1 N–H and O–H groups in total. The minimum Gasteiger partial charge on any atom is -0.310 e. The molecule has 0 bridgehead atoms. The van der Waals surface area contributed by atoms with Crippen LogP contribution in [0.1, 0.15) is 29.7 Å². The van der Waals surface area contributed by atoms with E-state index in [4.69, 9.17) is 0 Å². The van der Waals surface area contributed by atoms with E-state index >= 15 is 0 Å². The van der Waals surface area contributed by atoms with E-state index in [-0.39, 0.29) is 11.8 Å². The van der Waals surface area contributed by atoms with E-state index in [1.165, 1.54) is 17.5 Å². The van der Waals surface area contributed by atoms with E-state index in [1.807, 2.05) is 19.1 Å². The highest BCUT2D eigenvalue weighted by atomic mass is 16.2. The molecule has 1 saturated carbocycles. The summed E-state index contributed by atoms with van der Waals surface area (Å²) in [4.78, 5) is 21.2. The largest absolute Gasteiger partial charge is 0.310 e. The van der Waals surface area contributed by atoms with Crippen molar-refractivity contribution in [1.82, 2.24) is 29.5 Å². The summed E-state index contributed by atoms with van der Waals surface area (Å²) in [6.45, 7) is 6.05. The van der Waals surface area contributed by atoms with Gasteiger partial charge in [0.05, 0.1) is 23.0 Å². The van der Waals surface area contributed by atoms with Gasteiger partial charge in [0.2, 0.25) is 5.91 Å². The summed E-state index contributed by atoms with van der Waals surface area (Å²) in [5.41, 5.74) is 4.83. The molecule has 3 aromatic heterocycles. The minimum absolute atomic E-state index is 0.0299. The van der Waals surface area contributed by atoms with Gasteiger partial charge >= 0.3 is 0 Å². The summed E-state index contributed by atoms with van der Waals surface area (Å²) in [7, 11) is 0. The minimum atomic E-state index is 0.0299. The predicted octanol–water partition coefficient (Wildman–Crippen LogP) is 3.27. The molecule has 4 aromatic rings. The second kappa shape index (κ2) is 6.51. The molecule has 1 amide bonds. The molecule has 1 fully saturated rings. The monoisotopic (exact) mass is 387 g/mol. The van der Waals surface area contributed by atoms with E-state index in [0.29, 0.717) is 17.3 Å². The molecule has 8 heteroatoms. The Morgan fingerprint density at radius 1 is 1.07 bits per heavy atom. The fourth-order valence-electron chi connectivity index (χ4n) is 3.37. The van der Waals surface area contributed by atoms with Crippen LogP contribution in [0.25, 0.3) is 22.5 Å². The summed E-state index contributed by atoms with van der Waals surface area (Å²) in [5.74, 6) is 1.33. The molecule has 0 spiro atoms. The maximum absolute atomic E-state index is 12.3. The predicted molar refractivity (Wildman–Crippen MR) is 109 cm³/mol. The molecule has 0 saturated heterocycles. The first kappa shape index (κ1) is 17.5. The maximum Gasteiger partial charge on any atom is 0.228 e. The fraction of sp³-hybridized carbons (Fsp3) is 0.286. The average Bonchev–Trinajstić information content (AvgIpc) is 3.37. The van der Waals surface area contributed by atoms with Crippen LogP contribution in [0.15, 0.2) is 36.8 Å². The lowest BCUT2D eigenvalue weighted by molar-refractivity contribution is -0.117. The molecule has 0 aliphatic heterocycles. The Balaban J connectivity index is 1.61. The third-order valence-corrected chi connectivity index (χ3v) is 5.31. The zero-order valence-electron chi connectivity index (χ0n) is 16.5. The topological polar surface area (TPSA) is 90.5 Å². The number of anilines is 1. The van der Waals surface area contributed by atoms with Crippen molar-refractivity contribution in [2.24, 2.45) is 5.92 Å². The van der Waals surface area contributed by atoms with Gasteiger partial charge in [0.1, 0.15) is 12.1 Å². The Bertz CT molecular complexity index is 1250. The highest BCUT2D eigenvalue weighted by Crippen LogP contribution is 2.31. The van der Waals surface area contributed by atoms with E-state index < -0.39 is 0 Å². The van der Waals surface area contributed by atoms with Crippen LogP contribution in [0.2, 0.25) is 0 Å². The number of carbonyl (C=O) groups excluding carboxylic acids is 1. The van der Waals surface area contributed by atoms with Gasteiger partial charge in [0.15, 0.2) is 11.5 Å². The van der Waals surface area contributed by atoms with Gasteiger partial charge < -0.3 is 5.32 Å². The van der Waals surface area contributed by atoms with Crippen molar-refractivity contribution < 1.29 is 4.79 Å². The van der Waals surface area contributed by atoms with Crippen LogP contribution in [-0.2, 0) is 4.79 Å². The molecule has 146 valence electrons. The molecule has 1 aliphatic carbocycles. The maximum atomic E-state index is 12.3.